The summed E-state index contributed by atoms with van der Waals surface area (Å²) in [4.78, 5) is 26.8. The highest BCUT2D eigenvalue weighted by molar-refractivity contribution is 5.90. The average molecular weight is 346 g/mol. The molecule has 1 aromatic rings. The van der Waals surface area contributed by atoms with E-state index >= 15 is 0 Å². The molecule has 0 saturated carbocycles. The zero-order valence-corrected chi connectivity index (χ0v) is 14.8. The first kappa shape index (κ1) is 17.9. The smallest absolute Gasteiger partial charge is 0.337 e. The van der Waals surface area contributed by atoms with Crippen molar-refractivity contribution < 1.29 is 19.1 Å². The lowest BCUT2D eigenvalue weighted by Crippen LogP contribution is -2.44. The number of benzene rings is 1. The highest BCUT2D eigenvalue weighted by Crippen LogP contribution is 2.36. The maximum atomic E-state index is 12.7. The third-order valence-corrected chi connectivity index (χ3v) is 5.57. The summed E-state index contributed by atoms with van der Waals surface area (Å²) < 4.78 is 10.5. The molecule has 0 aromatic heterocycles. The van der Waals surface area contributed by atoms with Gasteiger partial charge >= 0.3 is 11.9 Å². The summed E-state index contributed by atoms with van der Waals surface area (Å²) in [5.41, 5.74) is 6.93. The molecule has 2 aliphatic heterocycles. The molecule has 25 heavy (non-hydrogen) atoms. The number of esters is 2. The van der Waals surface area contributed by atoms with Gasteiger partial charge in [0, 0.05) is 18.6 Å². The number of hydrogen-bond acceptors (Lipinski definition) is 6. The van der Waals surface area contributed by atoms with Crippen molar-refractivity contribution in [2.24, 2.45) is 5.73 Å². The van der Waals surface area contributed by atoms with Crippen LogP contribution >= 0.6 is 0 Å². The van der Waals surface area contributed by atoms with Gasteiger partial charge in [0.25, 0.3) is 0 Å². The van der Waals surface area contributed by atoms with E-state index in [0.29, 0.717) is 23.2 Å². The fraction of sp³-hybridized carbons (Fsp3) is 0.579. The van der Waals surface area contributed by atoms with Crippen molar-refractivity contribution in [3.8, 4) is 0 Å². The van der Waals surface area contributed by atoms with Gasteiger partial charge in [-0.2, -0.15) is 0 Å². The summed E-state index contributed by atoms with van der Waals surface area (Å²) in [6.45, 7) is 0.142. The molecule has 2 bridgehead atoms. The van der Waals surface area contributed by atoms with Crippen LogP contribution in [0.25, 0.3) is 0 Å². The Morgan fingerprint density at radius 1 is 1.28 bits per heavy atom. The molecule has 2 N–H and O–H groups in total. The van der Waals surface area contributed by atoms with Crippen LogP contribution in [0.5, 0.6) is 0 Å². The van der Waals surface area contributed by atoms with Crippen LogP contribution in [0.1, 0.15) is 47.5 Å². The summed E-state index contributed by atoms with van der Waals surface area (Å²) >= 11 is 0. The minimum Gasteiger partial charge on any atom is -0.465 e. The van der Waals surface area contributed by atoms with Crippen molar-refractivity contribution in [3.63, 3.8) is 0 Å². The summed E-state index contributed by atoms with van der Waals surface area (Å²) in [5, 5.41) is 0. The summed E-state index contributed by atoms with van der Waals surface area (Å²) in [6, 6.07) is 7.86. The maximum absolute atomic E-state index is 12.7. The summed E-state index contributed by atoms with van der Waals surface area (Å²) in [6.07, 6.45) is 4.09. The number of hydrogen-bond donors (Lipinski definition) is 1. The maximum Gasteiger partial charge on any atom is 0.337 e. The molecule has 2 heterocycles. The molecule has 3 rings (SSSR count). The quantitative estimate of drug-likeness (QED) is 0.817. The molecule has 0 spiro atoms. The van der Waals surface area contributed by atoms with Crippen LogP contribution in [0.3, 0.4) is 0 Å². The van der Waals surface area contributed by atoms with Gasteiger partial charge < -0.3 is 20.1 Å². The predicted molar refractivity (Wildman–Crippen MR) is 93.3 cm³/mol. The first-order valence-corrected chi connectivity index (χ1v) is 8.84. The number of ether oxygens (including phenoxy) is 2. The van der Waals surface area contributed by atoms with Gasteiger partial charge in [-0.05, 0) is 50.4 Å². The fourth-order valence-corrected chi connectivity index (χ4v) is 4.07. The average Bonchev–Trinajstić information content (AvgIpc) is 2.83. The zero-order valence-electron chi connectivity index (χ0n) is 14.8. The third kappa shape index (κ3) is 3.70. The zero-order chi connectivity index (χ0) is 18.0. The van der Waals surface area contributed by atoms with Crippen molar-refractivity contribution in [2.75, 3.05) is 20.7 Å². The predicted octanol–water partition coefficient (Wildman–Crippen LogP) is 1.68. The molecule has 0 radical (unpaired) electrons. The second kappa shape index (κ2) is 7.54. The molecule has 0 aliphatic carbocycles. The molecule has 0 amide bonds. The molecule has 2 aliphatic rings. The van der Waals surface area contributed by atoms with Crippen LogP contribution in [0.15, 0.2) is 24.3 Å². The molecule has 2 saturated heterocycles. The van der Waals surface area contributed by atoms with Crippen LogP contribution in [0.2, 0.25) is 0 Å². The SMILES string of the molecule is COC(=O)c1cccc(C(CN)C(=O)OC2CC3CCC(C2)N3C)c1. The highest BCUT2D eigenvalue weighted by atomic mass is 16.5. The van der Waals surface area contributed by atoms with Crippen molar-refractivity contribution in [1.82, 2.24) is 4.90 Å². The number of nitrogens with zero attached hydrogens (tertiary/aromatic N) is 1. The number of rotatable bonds is 5. The largest absolute Gasteiger partial charge is 0.465 e. The first-order chi connectivity index (χ1) is 12.0. The second-order valence-electron chi connectivity index (χ2n) is 6.99. The topological polar surface area (TPSA) is 81.9 Å². The van der Waals surface area contributed by atoms with Gasteiger partial charge in [0.2, 0.25) is 0 Å². The number of fused-ring (bicyclic) bond motifs is 2. The lowest BCUT2D eigenvalue weighted by Gasteiger charge is -2.36. The van der Waals surface area contributed by atoms with Gasteiger partial charge in [-0.3, -0.25) is 4.79 Å². The van der Waals surface area contributed by atoms with E-state index in [9.17, 15) is 9.59 Å². The van der Waals surface area contributed by atoms with Crippen molar-refractivity contribution >= 4 is 11.9 Å². The minimum atomic E-state index is -0.568. The number of carbonyl (C=O) groups is 2. The lowest BCUT2D eigenvalue weighted by atomic mass is 9.96. The van der Waals surface area contributed by atoms with Gasteiger partial charge in [0.05, 0.1) is 18.6 Å². The van der Waals surface area contributed by atoms with Gasteiger partial charge in [0.15, 0.2) is 0 Å². The number of methoxy groups -OCH3 is 1. The molecule has 136 valence electrons. The number of piperidine rings is 1. The van der Waals surface area contributed by atoms with E-state index in [1.807, 2.05) is 0 Å². The number of carbonyl (C=O) groups excluding carboxylic acids is 2. The second-order valence-corrected chi connectivity index (χ2v) is 6.99. The monoisotopic (exact) mass is 346 g/mol. The number of nitrogens with two attached hydrogens (primary N) is 1. The Hall–Kier alpha value is -1.92. The highest BCUT2D eigenvalue weighted by Gasteiger charge is 2.40. The van der Waals surface area contributed by atoms with Crippen LogP contribution in [0.4, 0.5) is 0 Å². The Morgan fingerprint density at radius 2 is 1.96 bits per heavy atom. The van der Waals surface area contributed by atoms with E-state index < -0.39 is 11.9 Å². The van der Waals surface area contributed by atoms with Crippen molar-refractivity contribution in [1.29, 1.82) is 0 Å². The summed E-state index contributed by atoms with van der Waals surface area (Å²) in [7, 11) is 3.49. The van der Waals surface area contributed by atoms with E-state index in [-0.39, 0.29) is 18.6 Å². The Morgan fingerprint density at radius 3 is 2.56 bits per heavy atom. The van der Waals surface area contributed by atoms with Gasteiger partial charge in [-0.15, -0.1) is 0 Å². The van der Waals surface area contributed by atoms with E-state index in [2.05, 4.69) is 11.9 Å². The molecular weight excluding hydrogens is 320 g/mol. The molecule has 6 nitrogen and oxygen atoms in total. The Labute approximate surface area is 148 Å². The van der Waals surface area contributed by atoms with Gasteiger partial charge in [-0.25, -0.2) is 4.79 Å². The van der Waals surface area contributed by atoms with Crippen LogP contribution in [0, 0.1) is 0 Å². The lowest BCUT2D eigenvalue weighted by molar-refractivity contribution is -0.154. The Bertz CT molecular complexity index is 634. The minimum absolute atomic E-state index is 0.0426. The molecular formula is C19H26N2O4. The van der Waals surface area contributed by atoms with E-state index in [0.717, 1.165) is 12.8 Å². The molecule has 3 atom stereocenters. The molecule has 2 fully saturated rings. The van der Waals surface area contributed by atoms with Crippen molar-refractivity contribution in [2.45, 2.75) is 49.8 Å². The van der Waals surface area contributed by atoms with Gasteiger partial charge in [0.1, 0.15) is 6.10 Å². The molecule has 1 aromatic carbocycles. The van der Waals surface area contributed by atoms with Crippen LogP contribution < -0.4 is 5.73 Å². The summed E-state index contributed by atoms with van der Waals surface area (Å²) in [5.74, 6) is -1.31. The third-order valence-electron chi connectivity index (χ3n) is 5.57. The van der Waals surface area contributed by atoms with Gasteiger partial charge in [-0.1, -0.05) is 12.1 Å². The molecule has 3 unspecified atom stereocenters. The van der Waals surface area contributed by atoms with E-state index in [1.165, 1.54) is 20.0 Å². The Balaban J connectivity index is 1.69. The van der Waals surface area contributed by atoms with E-state index in [1.54, 1.807) is 24.3 Å². The van der Waals surface area contributed by atoms with Crippen LogP contribution in [-0.4, -0.2) is 55.7 Å². The van der Waals surface area contributed by atoms with Crippen molar-refractivity contribution in [3.05, 3.63) is 35.4 Å². The fourth-order valence-electron chi connectivity index (χ4n) is 4.07. The van der Waals surface area contributed by atoms with E-state index in [4.69, 9.17) is 15.2 Å². The standard InChI is InChI=1S/C19H26N2O4/c1-21-14-6-7-15(21)10-16(9-14)25-19(23)17(11-20)12-4-3-5-13(8-12)18(22)24-2/h3-5,8,14-17H,6-7,9-11,20H2,1-2H3. The normalized spacial score (nSPS) is 26.9. The molecule has 6 heteroatoms. The van der Waals surface area contributed by atoms with Crippen LogP contribution in [-0.2, 0) is 14.3 Å². The first-order valence-electron chi connectivity index (χ1n) is 8.84. The Kier molecular flexibility index (Phi) is 5.39.